The first-order valence-corrected chi connectivity index (χ1v) is 9.85. The molecule has 0 aromatic heterocycles. The monoisotopic (exact) mass is 441 g/mol. The number of carbonyl (C=O) groups excluding carboxylic acids is 4. The van der Waals surface area contributed by atoms with Crippen molar-refractivity contribution in [2.75, 3.05) is 16.8 Å². The highest BCUT2D eigenvalue weighted by atomic mass is 35.5. The van der Waals surface area contributed by atoms with Crippen molar-refractivity contribution in [3.8, 4) is 0 Å². The Bertz CT molecular complexity index is 1060. The molecular formula is C22H18ClN2O6-. The second-order valence-electron chi connectivity index (χ2n) is 6.66. The molecule has 1 N–H and O–H groups in total. The van der Waals surface area contributed by atoms with Gasteiger partial charge in [0.1, 0.15) is 10.7 Å². The molecule has 1 heterocycles. The van der Waals surface area contributed by atoms with Crippen LogP contribution in [-0.4, -0.2) is 30.4 Å². The summed E-state index contributed by atoms with van der Waals surface area (Å²) in [4.78, 5) is 49.1. The molecule has 0 aliphatic carbocycles. The third kappa shape index (κ3) is 4.75. The zero-order valence-electron chi connectivity index (χ0n) is 16.5. The Kier molecular flexibility index (Phi) is 6.71. The van der Waals surface area contributed by atoms with Crippen LogP contribution in [0.3, 0.4) is 0 Å². The number of benzene rings is 2. The third-order valence-electron chi connectivity index (χ3n) is 4.51. The van der Waals surface area contributed by atoms with Gasteiger partial charge in [0.15, 0.2) is 0 Å². The number of anilines is 2. The maximum atomic E-state index is 12.8. The number of carboxylic acids is 1. The molecule has 8 nitrogen and oxygen atoms in total. The van der Waals surface area contributed by atoms with Crippen molar-refractivity contribution in [1.29, 1.82) is 0 Å². The lowest BCUT2D eigenvalue weighted by Crippen LogP contribution is -2.32. The number of esters is 1. The van der Waals surface area contributed by atoms with Crippen molar-refractivity contribution in [2.45, 2.75) is 19.8 Å². The van der Waals surface area contributed by atoms with Crippen LogP contribution in [0.5, 0.6) is 0 Å². The van der Waals surface area contributed by atoms with Gasteiger partial charge in [-0.3, -0.25) is 9.59 Å². The molecular weight excluding hydrogens is 424 g/mol. The molecule has 0 radical (unpaired) electrons. The number of hydrogen-bond donors (Lipinski definition) is 1. The Hall–Kier alpha value is -3.65. The molecule has 0 fully saturated rings. The molecule has 0 saturated carbocycles. The van der Waals surface area contributed by atoms with E-state index in [9.17, 15) is 24.3 Å². The summed E-state index contributed by atoms with van der Waals surface area (Å²) < 4.78 is 5.13. The number of nitrogens with zero attached hydrogens (tertiary/aromatic N) is 1. The lowest BCUT2D eigenvalue weighted by molar-refractivity contribution is -0.255. The fourth-order valence-electron chi connectivity index (χ4n) is 2.82. The fraction of sp³-hybridized carbons (Fsp3) is 0.182. The molecule has 0 spiro atoms. The van der Waals surface area contributed by atoms with Gasteiger partial charge < -0.3 is 20.0 Å². The van der Waals surface area contributed by atoms with Crippen molar-refractivity contribution in [2.24, 2.45) is 0 Å². The van der Waals surface area contributed by atoms with Crippen LogP contribution in [0.25, 0.3) is 0 Å². The molecule has 2 aromatic carbocycles. The van der Waals surface area contributed by atoms with Gasteiger partial charge in [-0.2, -0.15) is 0 Å². The van der Waals surface area contributed by atoms with E-state index in [1.165, 1.54) is 48.5 Å². The first-order chi connectivity index (χ1) is 14.8. The molecule has 0 saturated heterocycles. The molecule has 3 rings (SSSR count). The number of aromatic carboxylic acids is 1. The van der Waals surface area contributed by atoms with Gasteiger partial charge in [0.2, 0.25) is 0 Å². The number of halogens is 1. The van der Waals surface area contributed by atoms with E-state index in [1.807, 2.05) is 6.92 Å². The molecule has 9 heteroatoms. The van der Waals surface area contributed by atoms with Gasteiger partial charge in [-0.25, -0.2) is 9.69 Å². The Balaban J connectivity index is 1.74. The average molecular weight is 442 g/mol. The van der Waals surface area contributed by atoms with E-state index in [1.54, 1.807) is 0 Å². The molecule has 1 aliphatic rings. The molecule has 2 aromatic rings. The van der Waals surface area contributed by atoms with Crippen LogP contribution in [0.4, 0.5) is 11.4 Å². The highest BCUT2D eigenvalue weighted by Crippen LogP contribution is 2.30. The number of carboxylic acid groups (broad SMARTS) is 1. The van der Waals surface area contributed by atoms with Crippen LogP contribution in [-0.2, 0) is 14.3 Å². The van der Waals surface area contributed by atoms with Gasteiger partial charge >= 0.3 is 5.97 Å². The Morgan fingerprint density at radius 1 is 1.00 bits per heavy atom. The number of ether oxygens (including phenoxy) is 1. The Morgan fingerprint density at radius 3 is 2.19 bits per heavy atom. The lowest BCUT2D eigenvalue weighted by atomic mass is 10.2. The second-order valence-corrected chi connectivity index (χ2v) is 7.04. The Labute approximate surface area is 183 Å². The summed E-state index contributed by atoms with van der Waals surface area (Å²) >= 11 is 6.08. The smallest absolute Gasteiger partial charge is 0.338 e. The van der Waals surface area contributed by atoms with Crippen molar-refractivity contribution in [3.63, 3.8) is 0 Å². The first-order valence-electron chi connectivity index (χ1n) is 9.47. The summed E-state index contributed by atoms with van der Waals surface area (Å²) in [6, 6.07) is 11.3. The van der Waals surface area contributed by atoms with Gasteiger partial charge in [0, 0.05) is 5.69 Å². The van der Waals surface area contributed by atoms with Crippen molar-refractivity contribution >= 4 is 46.7 Å². The summed E-state index contributed by atoms with van der Waals surface area (Å²) in [5, 5.41) is 13.3. The predicted molar refractivity (Wildman–Crippen MR) is 111 cm³/mol. The zero-order chi connectivity index (χ0) is 22.5. The van der Waals surface area contributed by atoms with Crippen LogP contribution < -0.4 is 15.3 Å². The van der Waals surface area contributed by atoms with Crippen molar-refractivity contribution in [1.82, 2.24) is 0 Å². The van der Waals surface area contributed by atoms with Gasteiger partial charge in [-0.15, -0.1) is 0 Å². The van der Waals surface area contributed by atoms with Crippen LogP contribution in [0.15, 0.2) is 59.3 Å². The number of nitrogens with one attached hydrogen (secondary N) is 1. The second kappa shape index (κ2) is 9.44. The summed E-state index contributed by atoms with van der Waals surface area (Å²) in [5.74, 6) is -3.23. The van der Waals surface area contributed by atoms with Crippen LogP contribution in [0.1, 0.15) is 40.5 Å². The third-order valence-corrected chi connectivity index (χ3v) is 4.86. The van der Waals surface area contributed by atoms with E-state index in [-0.39, 0.29) is 22.0 Å². The highest BCUT2D eigenvalue weighted by molar-refractivity contribution is 6.53. The molecule has 1 aliphatic heterocycles. The van der Waals surface area contributed by atoms with E-state index < -0.39 is 23.8 Å². The molecule has 160 valence electrons. The minimum absolute atomic E-state index is 0.0330. The number of carbonyl (C=O) groups is 4. The minimum Gasteiger partial charge on any atom is -0.545 e. The van der Waals surface area contributed by atoms with E-state index in [0.717, 1.165) is 17.7 Å². The summed E-state index contributed by atoms with van der Waals surface area (Å²) in [7, 11) is 0. The maximum Gasteiger partial charge on any atom is 0.338 e. The summed E-state index contributed by atoms with van der Waals surface area (Å²) in [6.07, 6.45) is 1.66. The number of unbranched alkanes of at least 4 members (excludes halogenated alkanes) is 1. The average Bonchev–Trinajstić information content (AvgIpc) is 2.97. The van der Waals surface area contributed by atoms with Gasteiger partial charge in [-0.1, -0.05) is 37.1 Å². The SMILES string of the molecule is CCCCOC(=O)c1ccc(N2C(=O)C(Cl)=C(Nc3ccc(C(=O)[O-])cc3)C2=O)cc1. The molecule has 2 amide bonds. The normalized spacial score (nSPS) is 13.5. The van der Waals surface area contributed by atoms with Gasteiger partial charge in [0.05, 0.1) is 23.8 Å². The fourth-order valence-corrected chi connectivity index (χ4v) is 3.03. The molecule has 31 heavy (non-hydrogen) atoms. The number of imide groups is 1. The summed E-state index contributed by atoms with van der Waals surface area (Å²) in [6.45, 7) is 2.30. The zero-order valence-corrected chi connectivity index (χ0v) is 17.3. The van der Waals surface area contributed by atoms with E-state index in [0.29, 0.717) is 17.9 Å². The van der Waals surface area contributed by atoms with Crippen molar-refractivity contribution in [3.05, 3.63) is 70.4 Å². The van der Waals surface area contributed by atoms with Crippen LogP contribution in [0, 0.1) is 0 Å². The summed E-state index contributed by atoms with van der Waals surface area (Å²) in [5.41, 5.74) is 0.725. The quantitative estimate of drug-likeness (QED) is 0.380. The van der Waals surface area contributed by atoms with E-state index in [2.05, 4.69) is 5.32 Å². The molecule has 0 atom stereocenters. The Morgan fingerprint density at radius 2 is 1.61 bits per heavy atom. The topological polar surface area (TPSA) is 116 Å². The van der Waals surface area contributed by atoms with Crippen LogP contribution >= 0.6 is 11.6 Å². The highest BCUT2D eigenvalue weighted by Gasteiger charge is 2.39. The number of hydrogen-bond acceptors (Lipinski definition) is 7. The number of rotatable bonds is 8. The predicted octanol–water partition coefficient (Wildman–Crippen LogP) is 2.44. The maximum absolute atomic E-state index is 12.8. The largest absolute Gasteiger partial charge is 0.545 e. The molecule has 0 bridgehead atoms. The minimum atomic E-state index is -1.33. The van der Waals surface area contributed by atoms with Gasteiger partial charge in [0.25, 0.3) is 11.8 Å². The van der Waals surface area contributed by atoms with E-state index >= 15 is 0 Å². The van der Waals surface area contributed by atoms with Crippen molar-refractivity contribution < 1.29 is 29.0 Å². The standard InChI is InChI=1S/C22H19ClN2O6/c1-2-3-12-31-22(30)14-6-10-16(11-7-14)25-19(26)17(23)18(20(25)27)24-15-8-4-13(5-9-15)21(28)29/h4-11,24H,2-3,12H2,1H3,(H,28,29)/p-1. The molecule has 0 unspecified atom stereocenters. The lowest BCUT2D eigenvalue weighted by Gasteiger charge is -2.15. The van der Waals surface area contributed by atoms with Gasteiger partial charge in [-0.05, 0) is 48.4 Å². The number of amides is 2. The first kappa shape index (κ1) is 22.0. The van der Waals surface area contributed by atoms with E-state index in [4.69, 9.17) is 16.3 Å². The van der Waals surface area contributed by atoms with Crippen LogP contribution in [0.2, 0.25) is 0 Å².